The second-order valence-corrected chi connectivity index (χ2v) is 5.80. The molecule has 0 bridgehead atoms. The maximum atomic E-state index is 11.0. The largest absolute Gasteiger partial charge is 0.467 e. The number of aryl methyl sites for hydroxylation is 2. The summed E-state index contributed by atoms with van der Waals surface area (Å²) in [5.74, 6) is 1.90. The van der Waals surface area contributed by atoms with E-state index >= 15 is 0 Å². The van der Waals surface area contributed by atoms with Gasteiger partial charge in [-0.3, -0.25) is 10.1 Å². The van der Waals surface area contributed by atoms with Crippen molar-refractivity contribution in [3.8, 4) is 5.75 Å². The molecular formula is C14H14N2O5S. The van der Waals surface area contributed by atoms with Crippen molar-refractivity contribution >= 4 is 17.4 Å². The summed E-state index contributed by atoms with van der Waals surface area (Å²) in [6, 6.07) is 3.02. The third-order valence-electron chi connectivity index (χ3n) is 3.34. The van der Waals surface area contributed by atoms with E-state index in [2.05, 4.69) is 4.98 Å². The smallest absolute Gasteiger partial charge is 0.270 e. The Morgan fingerprint density at radius 1 is 1.41 bits per heavy atom. The molecule has 8 heteroatoms. The number of nitro benzene ring substituents is 1. The molecule has 2 heterocycles. The molecule has 0 N–H and O–H groups in total. The first-order valence-electron chi connectivity index (χ1n) is 6.62. The Morgan fingerprint density at radius 3 is 2.91 bits per heavy atom. The fraction of sp³-hybridized carbons (Fsp3) is 0.357. The number of thioether (sulfide) groups is 1. The third kappa shape index (κ3) is 2.93. The standard InChI is InChI=1S/C14H14N2O5S/c1-8-9(2)21-14(15-8)22-6-11-4-12(16(17)18)3-10-5-19-7-20-13(10)11/h3-4H,5-7H2,1-2H3. The van der Waals surface area contributed by atoms with Crippen molar-refractivity contribution < 1.29 is 18.8 Å². The molecular weight excluding hydrogens is 308 g/mol. The third-order valence-corrected chi connectivity index (χ3v) is 4.22. The number of fused-ring (bicyclic) bond motifs is 1. The lowest BCUT2D eigenvalue weighted by Crippen LogP contribution is -2.13. The number of ether oxygens (including phenoxy) is 2. The molecule has 0 spiro atoms. The SMILES string of the molecule is Cc1nc(SCc2cc([N+](=O)[O-])cc3c2OCOC3)oc1C. The number of oxazole rings is 1. The summed E-state index contributed by atoms with van der Waals surface area (Å²) >= 11 is 1.38. The van der Waals surface area contributed by atoms with Gasteiger partial charge in [-0.1, -0.05) is 11.8 Å². The van der Waals surface area contributed by atoms with E-state index in [4.69, 9.17) is 13.9 Å². The summed E-state index contributed by atoms with van der Waals surface area (Å²) in [4.78, 5) is 14.9. The first kappa shape index (κ1) is 14.9. The van der Waals surface area contributed by atoms with Crippen molar-refractivity contribution in [1.82, 2.24) is 4.98 Å². The van der Waals surface area contributed by atoms with Gasteiger partial charge in [-0.25, -0.2) is 4.98 Å². The maximum absolute atomic E-state index is 11.0. The second kappa shape index (κ2) is 5.98. The van der Waals surface area contributed by atoms with E-state index < -0.39 is 4.92 Å². The normalized spacial score (nSPS) is 13.5. The van der Waals surface area contributed by atoms with Gasteiger partial charge in [0.15, 0.2) is 6.79 Å². The first-order chi connectivity index (χ1) is 10.5. The molecule has 1 aliphatic heterocycles. The number of nitro groups is 1. The van der Waals surface area contributed by atoms with Gasteiger partial charge >= 0.3 is 0 Å². The molecule has 0 unspecified atom stereocenters. The van der Waals surface area contributed by atoms with E-state index in [9.17, 15) is 10.1 Å². The molecule has 0 atom stereocenters. The molecule has 0 saturated carbocycles. The van der Waals surface area contributed by atoms with Crippen LogP contribution in [0.15, 0.2) is 21.8 Å². The van der Waals surface area contributed by atoms with Gasteiger partial charge in [0.1, 0.15) is 11.5 Å². The maximum Gasteiger partial charge on any atom is 0.270 e. The molecule has 116 valence electrons. The molecule has 2 aromatic rings. The molecule has 0 radical (unpaired) electrons. The summed E-state index contributed by atoms with van der Waals surface area (Å²) in [5.41, 5.74) is 2.30. The van der Waals surface area contributed by atoms with Crippen molar-refractivity contribution in [1.29, 1.82) is 0 Å². The molecule has 0 saturated heterocycles. The van der Waals surface area contributed by atoms with Crippen LogP contribution in [0.2, 0.25) is 0 Å². The predicted octanol–water partition coefficient (Wildman–Crippen LogP) is 3.36. The zero-order chi connectivity index (χ0) is 15.7. The summed E-state index contributed by atoms with van der Waals surface area (Å²) in [6.07, 6.45) is 0. The zero-order valence-electron chi connectivity index (χ0n) is 12.1. The zero-order valence-corrected chi connectivity index (χ0v) is 12.9. The first-order valence-corrected chi connectivity index (χ1v) is 7.60. The van der Waals surface area contributed by atoms with Crippen LogP contribution in [0.5, 0.6) is 5.75 Å². The van der Waals surface area contributed by atoms with E-state index in [0.29, 0.717) is 28.9 Å². The van der Waals surface area contributed by atoms with Gasteiger partial charge < -0.3 is 13.9 Å². The molecule has 0 aliphatic carbocycles. The lowest BCUT2D eigenvalue weighted by molar-refractivity contribution is -0.385. The quantitative estimate of drug-likeness (QED) is 0.484. The second-order valence-electron chi connectivity index (χ2n) is 4.87. The topological polar surface area (TPSA) is 87.6 Å². The molecule has 3 rings (SSSR count). The Bertz CT molecular complexity index is 709. The monoisotopic (exact) mass is 322 g/mol. The van der Waals surface area contributed by atoms with Crippen molar-refractivity contribution in [3.63, 3.8) is 0 Å². The molecule has 22 heavy (non-hydrogen) atoms. The van der Waals surface area contributed by atoms with E-state index in [1.54, 1.807) is 0 Å². The van der Waals surface area contributed by atoms with E-state index in [0.717, 1.165) is 17.0 Å². The van der Waals surface area contributed by atoms with E-state index in [1.807, 2.05) is 13.8 Å². The fourth-order valence-electron chi connectivity index (χ4n) is 2.14. The van der Waals surface area contributed by atoms with Crippen molar-refractivity contribution in [3.05, 3.63) is 44.8 Å². The van der Waals surface area contributed by atoms with Gasteiger partial charge in [0.05, 0.1) is 17.2 Å². The van der Waals surface area contributed by atoms with Crippen LogP contribution in [-0.4, -0.2) is 16.7 Å². The van der Waals surface area contributed by atoms with Crippen LogP contribution in [0.3, 0.4) is 0 Å². The van der Waals surface area contributed by atoms with E-state index in [-0.39, 0.29) is 12.5 Å². The summed E-state index contributed by atoms with van der Waals surface area (Å²) in [6.45, 7) is 4.19. The van der Waals surface area contributed by atoms with Crippen LogP contribution in [0.25, 0.3) is 0 Å². The fourth-order valence-corrected chi connectivity index (χ4v) is 3.02. The highest BCUT2D eigenvalue weighted by molar-refractivity contribution is 7.98. The Morgan fingerprint density at radius 2 is 2.23 bits per heavy atom. The molecule has 0 amide bonds. The Kier molecular flexibility index (Phi) is 4.04. The molecule has 0 fully saturated rings. The Labute approximate surface area is 130 Å². The number of benzene rings is 1. The van der Waals surface area contributed by atoms with Crippen LogP contribution in [0.4, 0.5) is 5.69 Å². The minimum Gasteiger partial charge on any atom is -0.467 e. The number of nitrogens with zero attached hydrogens (tertiary/aromatic N) is 2. The van der Waals surface area contributed by atoms with Gasteiger partial charge in [0.25, 0.3) is 10.9 Å². The van der Waals surface area contributed by atoms with Crippen molar-refractivity contribution in [2.75, 3.05) is 6.79 Å². The molecule has 7 nitrogen and oxygen atoms in total. The lowest BCUT2D eigenvalue weighted by atomic mass is 10.1. The van der Waals surface area contributed by atoms with E-state index in [1.165, 1.54) is 23.9 Å². The van der Waals surface area contributed by atoms with Crippen LogP contribution in [0.1, 0.15) is 22.6 Å². The van der Waals surface area contributed by atoms with Gasteiger partial charge in [0, 0.05) is 29.0 Å². The number of hydrogen-bond acceptors (Lipinski definition) is 7. The number of aromatic nitrogens is 1. The average Bonchev–Trinajstić information content (AvgIpc) is 2.83. The van der Waals surface area contributed by atoms with Crippen LogP contribution >= 0.6 is 11.8 Å². The van der Waals surface area contributed by atoms with Gasteiger partial charge in [-0.15, -0.1) is 0 Å². The van der Waals surface area contributed by atoms with Crippen LogP contribution < -0.4 is 4.74 Å². The number of hydrogen-bond donors (Lipinski definition) is 0. The van der Waals surface area contributed by atoms with Gasteiger partial charge in [-0.05, 0) is 13.8 Å². The lowest BCUT2D eigenvalue weighted by Gasteiger charge is -2.20. The number of rotatable bonds is 4. The Balaban J connectivity index is 1.88. The highest BCUT2D eigenvalue weighted by atomic mass is 32.2. The Hall–Kier alpha value is -2.06. The summed E-state index contributed by atoms with van der Waals surface area (Å²) < 4.78 is 16.2. The van der Waals surface area contributed by atoms with Crippen LogP contribution in [-0.2, 0) is 17.1 Å². The average molecular weight is 322 g/mol. The van der Waals surface area contributed by atoms with Crippen molar-refractivity contribution in [2.45, 2.75) is 31.4 Å². The highest BCUT2D eigenvalue weighted by Crippen LogP contribution is 2.36. The molecule has 1 aliphatic rings. The highest BCUT2D eigenvalue weighted by Gasteiger charge is 2.21. The molecule has 1 aromatic heterocycles. The molecule has 1 aromatic carbocycles. The van der Waals surface area contributed by atoms with Crippen LogP contribution in [0, 0.1) is 24.0 Å². The van der Waals surface area contributed by atoms with Gasteiger partial charge in [-0.2, -0.15) is 0 Å². The minimum atomic E-state index is -0.414. The summed E-state index contributed by atoms with van der Waals surface area (Å²) in [5, 5.41) is 11.6. The van der Waals surface area contributed by atoms with Gasteiger partial charge in [0.2, 0.25) is 0 Å². The minimum absolute atomic E-state index is 0.0308. The van der Waals surface area contributed by atoms with Crippen molar-refractivity contribution in [2.24, 2.45) is 0 Å². The number of non-ortho nitro benzene ring substituents is 1. The predicted molar refractivity (Wildman–Crippen MR) is 78.9 cm³/mol. The summed E-state index contributed by atoms with van der Waals surface area (Å²) in [7, 11) is 0.